The van der Waals surface area contributed by atoms with Crippen LogP contribution in [0.2, 0.25) is 0 Å². The number of halogens is 1. The van der Waals surface area contributed by atoms with Gasteiger partial charge in [0.1, 0.15) is 5.82 Å². The van der Waals surface area contributed by atoms with Crippen LogP contribution in [0.4, 0.5) is 4.39 Å². The van der Waals surface area contributed by atoms with Crippen molar-refractivity contribution < 1.29 is 18.8 Å². The fourth-order valence-electron chi connectivity index (χ4n) is 3.62. The van der Waals surface area contributed by atoms with Gasteiger partial charge >= 0.3 is 0 Å². The molecule has 0 saturated carbocycles. The molecule has 5 nitrogen and oxygen atoms in total. The van der Waals surface area contributed by atoms with Crippen LogP contribution in [0.15, 0.2) is 65.2 Å². The minimum Gasteiger partial charge on any atom is -0.390 e. The third-order valence-corrected chi connectivity index (χ3v) is 5.22. The van der Waals surface area contributed by atoms with Gasteiger partial charge in [-0.1, -0.05) is 47.6 Å². The molecule has 1 fully saturated rings. The molecular formula is C23H25FN2O3. The lowest BCUT2D eigenvalue weighted by Gasteiger charge is -2.34. The summed E-state index contributed by atoms with van der Waals surface area (Å²) < 4.78 is 24.6. The Bertz CT molecular complexity index is 898. The van der Waals surface area contributed by atoms with Crippen molar-refractivity contribution in [1.29, 1.82) is 0 Å². The summed E-state index contributed by atoms with van der Waals surface area (Å²) in [5.74, 6) is 0.500. The smallest absolute Gasteiger partial charge is 0.167 e. The minimum atomic E-state index is -0.496. The van der Waals surface area contributed by atoms with Crippen molar-refractivity contribution in [1.82, 2.24) is 10.5 Å². The molecule has 3 atom stereocenters. The van der Waals surface area contributed by atoms with Gasteiger partial charge in [-0.25, -0.2) is 4.39 Å². The van der Waals surface area contributed by atoms with E-state index in [2.05, 4.69) is 10.5 Å². The van der Waals surface area contributed by atoms with Gasteiger partial charge in [0.05, 0.1) is 24.0 Å². The number of ether oxygens (including phenoxy) is 1. The van der Waals surface area contributed by atoms with Crippen LogP contribution in [0.3, 0.4) is 0 Å². The monoisotopic (exact) mass is 396 g/mol. The largest absolute Gasteiger partial charge is 0.390 e. The van der Waals surface area contributed by atoms with Crippen LogP contribution < -0.4 is 5.32 Å². The molecule has 2 heterocycles. The Balaban J connectivity index is 1.29. The zero-order chi connectivity index (χ0) is 20.1. The van der Waals surface area contributed by atoms with E-state index in [1.54, 1.807) is 12.1 Å². The first-order valence-electron chi connectivity index (χ1n) is 9.97. The first-order valence-corrected chi connectivity index (χ1v) is 9.97. The second-order valence-electron chi connectivity index (χ2n) is 7.45. The van der Waals surface area contributed by atoms with Gasteiger partial charge in [0.15, 0.2) is 5.76 Å². The summed E-state index contributed by atoms with van der Waals surface area (Å²) >= 11 is 0. The molecule has 1 aromatic heterocycles. The Labute approximate surface area is 169 Å². The normalized spacial score (nSPS) is 21.9. The maximum atomic E-state index is 13.0. The summed E-state index contributed by atoms with van der Waals surface area (Å²) in [5, 5.41) is 17.8. The molecule has 29 heavy (non-hydrogen) atoms. The van der Waals surface area contributed by atoms with Crippen LogP contribution in [0.25, 0.3) is 11.3 Å². The maximum absolute atomic E-state index is 13.0. The zero-order valence-electron chi connectivity index (χ0n) is 16.1. The molecule has 2 aromatic carbocycles. The summed E-state index contributed by atoms with van der Waals surface area (Å²) in [7, 11) is 0. The zero-order valence-corrected chi connectivity index (χ0v) is 16.1. The van der Waals surface area contributed by atoms with E-state index in [0.717, 1.165) is 29.0 Å². The van der Waals surface area contributed by atoms with Gasteiger partial charge in [-0.2, -0.15) is 0 Å². The van der Waals surface area contributed by atoms with Gasteiger partial charge in [-0.3, -0.25) is 0 Å². The topological polar surface area (TPSA) is 67.5 Å². The summed E-state index contributed by atoms with van der Waals surface area (Å²) in [5.41, 5.74) is 2.83. The van der Waals surface area contributed by atoms with E-state index in [9.17, 15) is 9.50 Å². The number of hydrogen-bond acceptors (Lipinski definition) is 5. The Kier molecular flexibility index (Phi) is 6.34. The molecule has 6 heteroatoms. The highest BCUT2D eigenvalue weighted by atomic mass is 19.1. The molecule has 0 amide bonds. The third-order valence-electron chi connectivity index (χ3n) is 5.22. The Morgan fingerprint density at radius 1 is 1.07 bits per heavy atom. The quantitative estimate of drug-likeness (QED) is 0.637. The lowest BCUT2D eigenvalue weighted by Crippen LogP contribution is -2.45. The molecule has 3 aromatic rings. The van der Waals surface area contributed by atoms with Crippen molar-refractivity contribution in [3.63, 3.8) is 0 Å². The summed E-state index contributed by atoms with van der Waals surface area (Å²) in [4.78, 5) is 0. The van der Waals surface area contributed by atoms with Crippen molar-refractivity contribution >= 4 is 0 Å². The molecule has 0 bridgehead atoms. The average molecular weight is 396 g/mol. The Morgan fingerprint density at radius 3 is 2.66 bits per heavy atom. The minimum absolute atomic E-state index is 0.00950. The summed E-state index contributed by atoms with van der Waals surface area (Å²) in [6.45, 7) is 1.13. The van der Waals surface area contributed by atoms with Gasteiger partial charge in [-0.15, -0.1) is 0 Å². The molecule has 1 aliphatic heterocycles. The molecule has 4 rings (SSSR count). The van der Waals surface area contributed by atoms with E-state index in [1.165, 1.54) is 12.1 Å². The molecule has 3 unspecified atom stereocenters. The number of aromatic nitrogens is 1. The van der Waals surface area contributed by atoms with Gasteiger partial charge in [0, 0.05) is 31.1 Å². The predicted octanol–water partition coefficient (Wildman–Crippen LogP) is 3.72. The highest BCUT2D eigenvalue weighted by Gasteiger charge is 2.30. The van der Waals surface area contributed by atoms with E-state index in [1.807, 2.05) is 36.4 Å². The molecule has 152 valence electrons. The lowest BCUT2D eigenvalue weighted by atomic mass is 9.98. The van der Waals surface area contributed by atoms with Crippen LogP contribution in [0.5, 0.6) is 0 Å². The van der Waals surface area contributed by atoms with Crippen molar-refractivity contribution in [2.24, 2.45) is 0 Å². The third kappa shape index (κ3) is 5.29. The second-order valence-corrected chi connectivity index (χ2v) is 7.45. The van der Waals surface area contributed by atoms with Crippen LogP contribution in [0, 0.1) is 5.82 Å². The molecule has 0 radical (unpaired) electrons. The molecule has 0 spiro atoms. The van der Waals surface area contributed by atoms with Gasteiger partial charge in [0.25, 0.3) is 0 Å². The molecule has 2 N–H and O–H groups in total. The number of nitrogens with zero attached hydrogens (tertiary/aromatic N) is 1. The first-order chi connectivity index (χ1) is 14.2. The molecule has 1 saturated heterocycles. The number of hydrogen-bond donors (Lipinski definition) is 2. The fraction of sp³-hybridized carbons (Fsp3) is 0.348. The highest BCUT2D eigenvalue weighted by molar-refractivity contribution is 5.56. The van der Waals surface area contributed by atoms with E-state index in [0.29, 0.717) is 25.9 Å². The summed E-state index contributed by atoms with van der Waals surface area (Å²) in [6.07, 6.45) is 1.33. The number of rotatable bonds is 7. The predicted molar refractivity (Wildman–Crippen MR) is 108 cm³/mol. The molecule has 0 aliphatic carbocycles. The van der Waals surface area contributed by atoms with Crippen LogP contribution in [0.1, 0.15) is 24.1 Å². The maximum Gasteiger partial charge on any atom is 0.167 e. The van der Waals surface area contributed by atoms with Crippen molar-refractivity contribution in [2.45, 2.75) is 44.1 Å². The van der Waals surface area contributed by atoms with Crippen molar-refractivity contribution in [3.05, 3.63) is 77.7 Å². The number of aliphatic hydroxyl groups is 1. The highest BCUT2D eigenvalue weighted by Crippen LogP contribution is 2.25. The Hall–Kier alpha value is -2.54. The van der Waals surface area contributed by atoms with Gasteiger partial charge < -0.3 is 19.7 Å². The van der Waals surface area contributed by atoms with E-state index >= 15 is 0 Å². The number of benzene rings is 2. The van der Waals surface area contributed by atoms with Gasteiger partial charge in [0.2, 0.25) is 0 Å². The van der Waals surface area contributed by atoms with Crippen LogP contribution in [-0.2, 0) is 17.7 Å². The van der Waals surface area contributed by atoms with E-state index in [-0.39, 0.29) is 18.0 Å². The first kappa shape index (κ1) is 19.8. The lowest BCUT2D eigenvalue weighted by molar-refractivity contribution is -0.115. The van der Waals surface area contributed by atoms with E-state index < -0.39 is 6.10 Å². The van der Waals surface area contributed by atoms with Crippen LogP contribution in [-0.4, -0.2) is 35.1 Å². The van der Waals surface area contributed by atoms with Gasteiger partial charge in [-0.05, 0) is 30.5 Å². The number of nitrogens with one attached hydrogen (secondary N) is 1. The standard InChI is InChI=1S/C23H25FN2O3/c24-18-8-6-16(7-9-18)14-25-15-23-21(27)11-10-20(28-23)12-19-13-22(29-26-19)17-4-2-1-3-5-17/h1-9,13,20-21,23,25,27H,10-12,14-15H2. The molecular weight excluding hydrogens is 371 g/mol. The van der Waals surface area contributed by atoms with Crippen molar-refractivity contribution in [3.8, 4) is 11.3 Å². The SMILES string of the molecule is OC1CCC(Cc2cc(-c3ccccc3)on2)OC1CNCc1ccc(F)cc1. The number of aliphatic hydroxyl groups excluding tert-OH is 1. The fourth-order valence-corrected chi connectivity index (χ4v) is 3.62. The average Bonchev–Trinajstić information content (AvgIpc) is 3.21. The summed E-state index contributed by atoms with van der Waals surface area (Å²) in [6, 6.07) is 18.2. The Morgan fingerprint density at radius 2 is 1.86 bits per heavy atom. The molecule has 1 aliphatic rings. The van der Waals surface area contributed by atoms with E-state index in [4.69, 9.17) is 9.26 Å². The second kappa shape index (κ2) is 9.31. The van der Waals surface area contributed by atoms with Crippen LogP contribution >= 0.6 is 0 Å². The van der Waals surface area contributed by atoms with Crippen molar-refractivity contribution in [2.75, 3.05) is 6.54 Å².